The Balaban J connectivity index is 1.39. The zero-order valence-electron chi connectivity index (χ0n) is 23.9. The molecule has 0 saturated heterocycles. The highest BCUT2D eigenvalue weighted by Crippen LogP contribution is 2.48. The molecule has 2 aliphatic rings. The Hall–Kier alpha value is -5.81. The third-order valence-electron chi connectivity index (χ3n) is 7.81. The van der Waals surface area contributed by atoms with Crippen molar-refractivity contribution in [2.45, 2.75) is 12.0 Å². The highest BCUT2D eigenvalue weighted by molar-refractivity contribution is 6.16. The highest BCUT2D eigenvalue weighted by Gasteiger charge is 2.34. The van der Waals surface area contributed by atoms with Crippen molar-refractivity contribution in [3.05, 3.63) is 168 Å². The molecule has 212 valence electrons. The summed E-state index contributed by atoms with van der Waals surface area (Å²) in [4.78, 5) is 9.56. The summed E-state index contributed by atoms with van der Waals surface area (Å²) in [7, 11) is 0. The first-order chi connectivity index (χ1) is 21.7. The molecule has 0 radical (unpaired) electrons. The molecule has 44 heavy (non-hydrogen) atoms. The molecule has 5 heteroatoms. The zero-order valence-corrected chi connectivity index (χ0v) is 23.9. The molecule has 2 unspecified atom stereocenters. The van der Waals surface area contributed by atoms with Crippen LogP contribution in [0.5, 0.6) is 5.75 Å². The van der Waals surface area contributed by atoms with E-state index in [9.17, 15) is 0 Å². The van der Waals surface area contributed by atoms with Gasteiger partial charge in [0.1, 0.15) is 23.2 Å². The van der Waals surface area contributed by atoms with Crippen LogP contribution in [0.15, 0.2) is 154 Å². The maximum Gasteiger partial charge on any atom is 0.161 e. The van der Waals surface area contributed by atoms with Gasteiger partial charge in [-0.25, -0.2) is 9.98 Å². The fourth-order valence-electron chi connectivity index (χ4n) is 5.75. The van der Waals surface area contributed by atoms with Crippen molar-refractivity contribution in [1.82, 2.24) is 0 Å². The molecule has 5 aromatic rings. The maximum absolute atomic E-state index is 8.69. The van der Waals surface area contributed by atoms with E-state index >= 15 is 0 Å². The van der Waals surface area contributed by atoms with Crippen LogP contribution in [0.2, 0.25) is 0 Å². The molecular formula is C39H29N3O2. The normalized spacial score (nSPS) is 17.2. The second kappa shape index (κ2) is 11.8. The van der Waals surface area contributed by atoms with Gasteiger partial charge in [-0.2, -0.15) is 0 Å². The van der Waals surface area contributed by atoms with Crippen LogP contribution < -0.4 is 4.74 Å². The standard InChI is InChI=1S/C39H29N3O2/c1-2-3-22-34-32(25-41-39(27-16-8-5-9-17-27)42-38(40)26-14-6-4-7-15-26)36-29(19-13-24-35(36)43-34)31-21-12-20-30-28-18-10-11-23-33(28)44-37(30)31/h2-25,28,33,40H,1H2/b22-3-,40-38?,41-25+,42-39-. The number of hydrogen-bond acceptors (Lipinski definition) is 3. The number of ether oxygens (including phenoxy) is 1. The molecule has 0 spiro atoms. The number of aliphatic imine (C=N–C) groups is 2. The molecule has 0 saturated carbocycles. The molecule has 1 aliphatic carbocycles. The molecule has 2 heterocycles. The van der Waals surface area contributed by atoms with E-state index in [4.69, 9.17) is 19.6 Å². The number of nitrogens with one attached hydrogen (secondary N) is 1. The van der Waals surface area contributed by atoms with Crippen molar-refractivity contribution in [1.29, 1.82) is 5.41 Å². The van der Waals surface area contributed by atoms with E-state index in [1.807, 2.05) is 91.0 Å². The lowest BCUT2D eigenvalue weighted by atomic mass is 9.89. The molecular weight excluding hydrogens is 542 g/mol. The first-order valence-corrected chi connectivity index (χ1v) is 14.5. The molecule has 1 aromatic heterocycles. The van der Waals surface area contributed by atoms with Gasteiger partial charge < -0.3 is 9.15 Å². The summed E-state index contributed by atoms with van der Waals surface area (Å²) in [6, 6.07) is 31.6. The average molecular weight is 572 g/mol. The highest BCUT2D eigenvalue weighted by atomic mass is 16.5. The Kier molecular flexibility index (Phi) is 7.27. The number of amidine groups is 2. The average Bonchev–Trinajstić information content (AvgIpc) is 3.64. The smallest absolute Gasteiger partial charge is 0.161 e. The van der Waals surface area contributed by atoms with Gasteiger partial charge >= 0.3 is 0 Å². The van der Waals surface area contributed by atoms with E-state index in [1.54, 1.807) is 12.3 Å². The number of hydrogen-bond donors (Lipinski definition) is 1. The second-order valence-electron chi connectivity index (χ2n) is 10.5. The van der Waals surface area contributed by atoms with Crippen molar-refractivity contribution >= 4 is 34.9 Å². The van der Waals surface area contributed by atoms with Gasteiger partial charge in [-0.1, -0.05) is 128 Å². The molecule has 1 aliphatic heterocycles. The molecule has 0 fully saturated rings. The number of benzene rings is 4. The third kappa shape index (κ3) is 5.05. The number of allylic oxidation sites excluding steroid dienone is 4. The minimum absolute atomic E-state index is 0.0172. The fraction of sp³-hybridized carbons (Fsp3) is 0.0513. The molecule has 4 aromatic carbocycles. The summed E-state index contributed by atoms with van der Waals surface area (Å²) in [6.07, 6.45) is 15.7. The second-order valence-corrected chi connectivity index (χ2v) is 10.5. The summed E-state index contributed by atoms with van der Waals surface area (Å²) >= 11 is 0. The molecule has 0 amide bonds. The summed E-state index contributed by atoms with van der Waals surface area (Å²) in [5, 5.41) is 9.61. The lowest BCUT2D eigenvalue weighted by Gasteiger charge is -2.14. The number of fused-ring (bicyclic) bond motifs is 4. The number of nitrogens with zero attached hydrogens (tertiary/aromatic N) is 2. The lowest BCUT2D eigenvalue weighted by molar-refractivity contribution is 0.270. The summed E-state index contributed by atoms with van der Waals surface area (Å²) in [5.74, 6) is 2.29. The van der Waals surface area contributed by atoms with Crippen LogP contribution in [-0.2, 0) is 0 Å². The van der Waals surface area contributed by atoms with Crippen molar-refractivity contribution in [2.24, 2.45) is 9.98 Å². The van der Waals surface area contributed by atoms with Gasteiger partial charge in [-0.3, -0.25) is 5.41 Å². The van der Waals surface area contributed by atoms with Gasteiger partial charge in [0.15, 0.2) is 11.7 Å². The van der Waals surface area contributed by atoms with E-state index in [0.717, 1.165) is 39.0 Å². The van der Waals surface area contributed by atoms with E-state index < -0.39 is 0 Å². The van der Waals surface area contributed by atoms with E-state index in [0.29, 0.717) is 17.2 Å². The van der Waals surface area contributed by atoms with Crippen LogP contribution in [0, 0.1) is 5.41 Å². The van der Waals surface area contributed by atoms with Crippen LogP contribution in [0.4, 0.5) is 0 Å². The van der Waals surface area contributed by atoms with Gasteiger partial charge in [0.2, 0.25) is 0 Å². The molecule has 1 N–H and O–H groups in total. The van der Waals surface area contributed by atoms with Crippen molar-refractivity contribution in [3.63, 3.8) is 0 Å². The van der Waals surface area contributed by atoms with Crippen LogP contribution in [0.25, 0.3) is 28.2 Å². The van der Waals surface area contributed by atoms with Crippen LogP contribution in [0.1, 0.15) is 33.9 Å². The predicted molar refractivity (Wildman–Crippen MR) is 180 cm³/mol. The molecule has 2 atom stereocenters. The SMILES string of the molecule is C=C/C=C\c1oc2cccc(-c3cccc4c3OC3C=CC=CC43)c2c1/C=N/C(=N\C(=N)c1ccccc1)c1ccccc1. The van der Waals surface area contributed by atoms with Crippen LogP contribution in [0.3, 0.4) is 0 Å². The maximum atomic E-state index is 8.69. The van der Waals surface area contributed by atoms with Crippen molar-refractivity contribution < 1.29 is 9.15 Å². The number of furan rings is 1. The predicted octanol–water partition coefficient (Wildman–Crippen LogP) is 9.16. The van der Waals surface area contributed by atoms with Crippen LogP contribution in [-0.4, -0.2) is 24.0 Å². The Bertz CT molecular complexity index is 2030. The number of para-hydroxylation sites is 1. The van der Waals surface area contributed by atoms with Gasteiger partial charge in [-0.15, -0.1) is 0 Å². The minimum Gasteiger partial charge on any atom is -0.484 e. The van der Waals surface area contributed by atoms with Crippen molar-refractivity contribution in [3.8, 4) is 16.9 Å². The number of rotatable bonds is 6. The molecule has 7 rings (SSSR count). The Labute approximate surface area is 256 Å². The summed E-state index contributed by atoms with van der Waals surface area (Å²) in [5.41, 5.74) is 6.22. The van der Waals surface area contributed by atoms with Gasteiger partial charge in [0.25, 0.3) is 0 Å². The Morgan fingerprint density at radius 3 is 2.32 bits per heavy atom. The fourth-order valence-corrected chi connectivity index (χ4v) is 5.75. The summed E-state index contributed by atoms with van der Waals surface area (Å²) < 4.78 is 12.9. The lowest BCUT2D eigenvalue weighted by Crippen LogP contribution is -2.15. The van der Waals surface area contributed by atoms with Crippen LogP contribution >= 0.6 is 0 Å². The molecule has 5 nitrogen and oxygen atoms in total. The minimum atomic E-state index is -0.0172. The Morgan fingerprint density at radius 1 is 0.795 bits per heavy atom. The monoisotopic (exact) mass is 571 g/mol. The van der Waals surface area contributed by atoms with E-state index in [2.05, 4.69) is 54.1 Å². The Morgan fingerprint density at radius 2 is 1.52 bits per heavy atom. The largest absolute Gasteiger partial charge is 0.484 e. The topological polar surface area (TPSA) is 70.9 Å². The third-order valence-corrected chi connectivity index (χ3v) is 7.81. The molecule has 0 bridgehead atoms. The van der Waals surface area contributed by atoms with Gasteiger partial charge in [0.05, 0.1) is 0 Å². The van der Waals surface area contributed by atoms with Gasteiger partial charge in [0, 0.05) is 45.3 Å². The first-order valence-electron chi connectivity index (χ1n) is 14.5. The van der Waals surface area contributed by atoms with E-state index in [-0.39, 0.29) is 17.9 Å². The summed E-state index contributed by atoms with van der Waals surface area (Å²) in [6.45, 7) is 3.84. The van der Waals surface area contributed by atoms with E-state index in [1.165, 1.54) is 5.56 Å². The van der Waals surface area contributed by atoms with Crippen molar-refractivity contribution in [2.75, 3.05) is 0 Å². The van der Waals surface area contributed by atoms with Gasteiger partial charge in [-0.05, 0) is 23.8 Å². The quantitative estimate of drug-likeness (QED) is 0.125. The first kappa shape index (κ1) is 27.0. The zero-order chi connectivity index (χ0) is 29.9.